The Bertz CT molecular complexity index is 1620. The van der Waals surface area contributed by atoms with Gasteiger partial charge in [-0.3, -0.25) is 14.5 Å². The molecule has 0 aromatic heterocycles. The second-order valence-electron chi connectivity index (χ2n) is 21.4. The van der Waals surface area contributed by atoms with E-state index in [0.717, 1.165) is 31.6 Å². The molecule has 7 aliphatic rings. The van der Waals surface area contributed by atoms with Crippen molar-refractivity contribution in [2.24, 2.45) is 68.5 Å². The van der Waals surface area contributed by atoms with Crippen LogP contribution in [0, 0.1) is 68.5 Å². The van der Waals surface area contributed by atoms with Gasteiger partial charge in [-0.25, -0.2) is 8.42 Å². The van der Waals surface area contributed by atoms with Gasteiger partial charge >= 0.3 is 11.9 Å². The van der Waals surface area contributed by atoms with Crippen molar-refractivity contribution in [3.63, 3.8) is 0 Å². The average molecular weight is 789 g/mol. The van der Waals surface area contributed by atoms with Gasteiger partial charge in [0.2, 0.25) is 0 Å². The van der Waals surface area contributed by atoms with Crippen LogP contribution in [0.4, 0.5) is 0 Å². The number of carboxylic acids is 1. The largest absolute Gasteiger partial charge is 0.481 e. The van der Waals surface area contributed by atoms with E-state index in [0.29, 0.717) is 48.7 Å². The van der Waals surface area contributed by atoms with Gasteiger partial charge in [-0.1, -0.05) is 60.6 Å². The topological polar surface area (TPSA) is 113 Å². The van der Waals surface area contributed by atoms with E-state index in [1.807, 2.05) is 25.6 Å². The van der Waals surface area contributed by atoms with E-state index >= 15 is 0 Å². The van der Waals surface area contributed by atoms with E-state index in [9.17, 15) is 23.1 Å². The van der Waals surface area contributed by atoms with Gasteiger partial charge in [-0.05, 0) is 129 Å². The van der Waals surface area contributed by atoms with Crippen LogP contribution in [0.25, 0.3) is 0 Å². The van der Waals surface area contributed by atoms with Crippen molar-refractivity contribution in [1.82, 2.24) is 10.2 Å². The lowest BCUT2D eigenvalue weighted by atomic mass is 9.32. The highest BCUT2D eigenvalue weighted by molar-refractivity contribution is 7.98. The average Bonchev–Trinajstić information content (AvgIpc) is 3.47. The maximum atomic E-state index is 13.5. The summed E-state index contributed by atoms with van der Waals surface area (Å²) >= 11 is 1.87. The molecule has 0 amide bonds. The van der Waals surface area contributed by atoms with Crippen LogP contribution in [0.2, 0.25) is 0 Å². The molecule has 0 aromatic rings. The van der Waals surface area contributed by atoms with Crippen LogP contribution in [0.15, 0.2) is 12.2 Å². The molecule has 0 spiro atoms. The number of carbonyl (C=O) groups is 2. The van der Waals surface area contributed by atoms with Gasteiger partial charge in [0, 0.05) is 42.4 Å². The zero-order chi connectivity index (χ0) is 39.4. The number of hydrogen-bond acceptors (Lipinski definition) is 8. The Morgan fingerprint density at radius 2 is 1.56 bits per heavy atom. The van der Waals surface area contributed by atoms with Crippen LogP contribution < -0.4 is 5.32 Å². The highest BCUT2D eigenvalue weighted by Gasteiger charge is 2.72. The monoisotopic (exact) mass is 788 g/mol. The molecule has 0 aromatic carbocycles. The van der Waals surface area contributed by atoms with E-state index in [4.69, 9.17) is 4.74 Å². The second-order valence-corrected chi connectivity index (χ2v) is 24.6. The maximum Gasteiger partial charge on any atom is 0.310 e. The van der Waals surface area contributed by atoms with E-state index in [1.165, 1.54) is 50.5 Å². The molecule has 1 aliphatic heterocycles. The Morgan fingerprint density at radius 1 is 0.870 bits per heavy atom. The van der Waals surface area contributed by atoms with Crippen molar-refractivity contribution in [2.45, 2.75) is 137 Å². The molecule has 10 heteroatoms. The van der Waals surface area contributed by atoms with Gasteiger partial charge in [-0.15, -0.1) is 0 Å². The van der Waals surface area contributed by atoms with Crippen molar-refractivity contribution in [3.05, 3.63) is 12.2 Å². The van der Waals surface area contributed by atoms with Gasteiger partial charge in [0.15, 0.2) is 9.84 Å². The second kappa shape index (κ2) is 13.7. The number of carbonyl (C=O) groups excluding carboxylic acids is 1. The van der Waals surface area contributed by atoms with Crippen LogP contribution in [-0.4, -0.2) is 91.2 Å². The highest BCUT2D eigenvalue weighted by Crippen LogP contribution is 2.76. The summed E-state index contributed by atoms with van der Waals surface area (Å²) in [5.74, 6) is 1.88. The Morgan fingerprint density at radius 3 is 2.17 bits per heavy atom. The molecular weight excluding hydrogens is 717 g/mol. The molecule has 6 saturated carbocycles. The molecule has 7 rings (SSSR count). The molecule has 306 valence electrons. The van der Waals surface area contributed by atoms with Gasteiger partial charge in [0.25, 0.3) is 0 Å². The van der Waals surface area contributed by atoms with Crippen LogP contribution >= 0.6 is 11.8 Å². The summed E-state index contributed by atoms with van der Waals surface area (Å²) in [5, 5.41) is 14.1. The molecule has 1 heterocycles. The first-order valence-electron chi connectivity index (χ1n) is 21.4. The summed E-state index contributed by atoms with van der Waals surface area (Å²) in [6, 6.07) is 0.332. The quantitative estimate of drug-likeness (QED) is 0.170. The van der Waals surface area contributed by atoms with E-state index in [2.05, 4.69) is 64.6 Å². The fourth-order valence-electron chi connectivity index (χ4n) is 15.3. The normalized spacial score (nSPS) is 46.5. The van der Waals surface area contributed by atoms with Crippen molar-refractivity contribution in [2.75, 3.05) is 43.1 Å². The first-order chi connectivity index (χ1) is 25.1. The molecule has 13 atom stereocenters. The van der Waals surface area contributed by atoms with Crippen molar-refractivity contribution < 1.29 is 27.9 Å². The summed E-state index contributed by atoms with van der Waals surface area (Å²) in [6.07, 6.45) is 13.5. The molecule has 7 fully saturated rings. The number of fused-ring (bicyclic) bond motifs is 7. The van der Waals surface area contributed by atoms with Crippen LogP contribution in [0.1, 0.15) is 120 Å². The molecule has 0 bridgehead atoms. The summed E-state index contributed by atoms with van der Waals surface area (Å²) in [6.45, 7) is 25.5. The van der Waals surface area contributed by atoms with Crippen LogP contribution in [-0.2, 0) is 24.2 Å². The number of ether oxygens (including phenoxy) is 1. The van der Waals surface area contributed by atoms with Crippen LogP contribution in [0.3, 0.4) is 0 Å². The van der Waals surface area contributed by atoms with Crippen molar-refractivity contribution >= 4 is 33.5 Å². The lowest BCUT2D eigenvalue weighted by Gasteiger charge is -2.73. The lowest BCUT2D eigenvalue weighted by Crippen LogP contribution is -2.69. The number of nitrogens with one attached hydrogen (secondary N) is 1. The molecule has 8 nitrogen and oxygen atoms in total. The van der Waals surface area contributed by atoms with Gasteiger partial charge in [-0.2, -0.15) is 11.8 Å². The van der Waals surface area contributed by atoms with Gasteiger partial charge in [0.1, 0.15) is 6.10 Å². The third-order valence-electron chi connectivity index (χ3n) is 18.6. The third kappa shape index (κ3) is 6.21. The number of aliphatic carboxylic acids is 1. The number of nitrogens with zero attached hydrogens (tertiary/aromatic N) is 1. The van der Waals surface area contributed by atoms with Gasteiger partial charge in [0.05, 0.1) is 23.3 Å². The first kappa shape index (κ1) is 41.1. The minimum Gasteiger partial charge on any atom is -0.481 e. The lowest BCUT2D eigenvalue weighted by molar-refractivity contribution is -0.246. The number of esters is 1. The number of rotatable bonds is 10. The summed E-state index contributed by atoms with van der Waals surface area (Å²) in [7, 11) is -2.92. The zero-order valence-electron chi connectivity index (χ0n) is 35.0. The molecule has 1 saturated heterocycles. The highest BCUT2D eigenvalue weighted by atomic mass is 32.2. The number of carboxylic acid groups (broad SMARTS) is 1. The Balaban J connectivity index is 1.11. The molecule has 1 unspecified atom stereocenters. The minimum atomic E-state index is -2.92. The predicted molar refractivity (Wildman–Crippen MR) is 218 cm³/mol. The molecule has 54 heavy (non-hydrogen) atoms. The maximum absolute atomic E-state index is 13.5. The molecule has 0 radical (unpaired) electrons. The van der Waals surface area contributed by atoms with Crippen LogP contribution in [0.5, 0.6) is 0 Å². The van der Waals surface area contributed by atoms with E-state index in [-0.39, 0.29) is 50.8 Å². The van der Waals surface area contributed by atoms with Crippen molar-refractivity contribution in [1.29, 1.82) is 0 Å². The summed E-state index contributed by atoms with van der Waals surface area (Å²) in [4.78, 5) is 27.8. The number of hydrogen-bond donors (Lipinski definition) is 2. The smallest absolute Gasteiger partial charge is 0.310 e. The van der Waals surface area contributed by atoms with Gasteiger partial charge < -0.3 is 15.2 Å². The SMILES string of the molecule is C=C(C)[C@@H]1CC[C@]2(NCC(CSC)N3CCS(=O)(=O)CC3)CC[C@]3(C)[C@H](CC[C@@H]4[C@@]5(C)CC[C@H](OC(=O)[C@H]6[C@@H](C(=O)O)C6(C)C)C(C)(C)[C@@H]5CC[C@]43C)[C@@H]12. The van der Waals surface area contributed by atoms with Crippen molar-refractivity contribution in [3.8, 4) is 0 Å². The standard InChI is InChI=1S/C44H72N2O6S2/c1-27(2)29-13-18-44(45-25-28(26-53-10)46-21-23-54(50,51)24-22-46)20-19-42(8)30(34(29)44)11-12-32-41(7)16-15-33(39(3,4)31(41)14-17-43(32,42)9)52-38(49)36-35(37(47)48)40(36,5)6/h28-36,45H,1,11-26H2,2-10H3,(H,47,48)/t28?,29-,30+,31-,32+,33-,34+,35-,36+,41-,42+,43+,44-/m0/s1. The minimum absolute atomic E-state index is 0.0936. The molecule has 6 aliphatic carbocycles. The predicted octanol–water partition coefficient (Wildman–Crippen LogP) is 7.72. The first-order valence-corrected chi connectivity index (χ1v) is 24.6. The summed E-state index contributed by atoms with van der Waals surface area (Å²) in [5.41, 5.74) is 1.28. The Hall–Kier alpha value is -1.10. The Kier molecular flexibility index (Phi) is 10.5. The summed E-state index contributed by atoms with van der Waals surface area (Å²) < 4.78 is 30.9. The molecular formula is C44H72N2O6S2. The third-order valence-corrected chi connectivity index (χ3v) is 20.9. The number of allylic oxidation sites excluding steroid dienone is 1. The number of thioether (sulfide) groups is 1. The fourth-order valence-corrected chi connectivity index (χ4v) is 17.2. The Labute approximate surface area is 331 Å². The zero-order valence-corrected chi connectivity index (χ0v) is 36.6. The fraction of sp³-hybridized carbons (Fsp3) is 0.909. The van der Waals surface area contributed by atoms with E-state index in [1.54, 1.807) is 0 Å². The van der Waals surface area contributed by atoms with E-state index < -0.39 is 33.1 Å². The molecule has 2 N–H and O–H groups in total. The number of sulfone groups is 1.